The summed E-state index contributed by atoms with van der Waals surface area (Å²) in [6.07, 6.45) is 6.17. The molecule has 2 saturated heterocycles. The Morgan fingerprint density at radius 2 is 1.96 bits per heavy atom. The molecule has 2 atom stereocenters. The van der Waals surface area contributed by atoms with Crippen LogP contribution >= 0.6 is 0 Å². The monoisotopic (exact) mass is 368 g/mol. The molecule has 2 bridgehead atoms. The van der Waals surface area contributed by atoms with E-state index in [2.05, 4.69) is 24.0 Å². The van der Waals surface area contributed by atoms with Gasteiger partial charge in [-0.3, -0.25) is 9.59 Å². The Morgan fingerprint density at radius 3 is 2.52 bits per heavy atom. The van der Waals surface area contributed by atoms with Crippen molar-refractivity contribution in [3.63, 3.8) is 0 Å². The summed E-state index contributed by atoms with van der Waals surface area (Å²) in [5.74, 6) is 0.127. The molecular weight excluding hydrogens is 340 g/mol. The summed E-state index contributed by atoms with van der Waals surface area (Å²) >= 11 is 0. The minimum absolute atomic E-state index is 0.140. The maximum absolute atomic E-state index is 13.2. The van der Waals surface area contributed by atoms with Gasteiger partial charge in [-0.25, -0.2) is 0 Å². The van der Waals surface area contributed by atoms with Gasteiger partial charge in [-0.05, 0) is 43.7 Å². The lowest BCUT2D eigenvalue weighted by atomic mass is 9.72. The number of hydrogen-bond donors (Lipinski definition) is 1. The van der Waals surface area contributed by atoms with E-state index in [0.717, 1.165) is 45.2 Å². The summed E-state index contributed by atoms with van der Waals surface area (Å²) in [7, 11) is 0. The van der Waals surface area contributed by atoms with Crippen LogP contribution in [0, 0.1) is 5.41 Å². The van der Waals surface area contributed by atoms with Crippen molar-refractivity contribution in [2.75, 3.05) is 26.2 Å². The Balaban J connectivity index is 1.48. The van der Waals surface area contributed by atoms with Gasteiger partial charge in [0.1, 0.15) is 0 Å². The minimum Gasteiger partial charge on any atom is -0.377 e. The predicted octanol–water partition coefficient (Wildman–Crippen LogP) is 2.42. The van der Waals surface area contributed by atoms with Gasteiger partial charge in [0.2, 0.25) is 11.8 Å². The number of benzene rings is 1. The van der Waals surface area contributed by atoms with Gasteiger partial charge in [-0.1, -0.05) is 36.9 Å². The van der Waals surface area contributed by atoms with Crippen molar-refractivity contribution in [2.24, 2.45) is 5.41 Å². The van der Waals surface area contributed by atoms with E-state index in [-0.39, 0.29) is 28.7 Å². The van der Waals surface area contributed by atoms with Gasteiger partial charge in [0.15, 0.2) is 0 Å². The topological polar surface area (TPSA) is 58.6 Å². The number of amides is 2. The predicted molar refractivity (Wildman–Crippen MR) is 103 cm³/mol. The number of nitrogens with one attached hydrogen (secondary N) is 1. The molecule has 2 aliphatic heterocycles. The molecule has 144 valence electrons. The molecule has 1 aliphatic carbocycles. The van der Waals surface area contributed by atoms with Crippen LogP contribution in [0.15, 0.2) is 43.0 Å². The zero-order valence-electron chi connectivity index (χ0n) is 15.8. The highest BCUT2D eigenvalue weighted by molar-refractivity contribution is 5.87. The summed E-state index contributed by atoms with van der Waals surface area (Å²) < 4.78 is 5.75. The SMILES string of the molecule is C=CC(=O)NCC1(c2ccccc2)CCN(C(=O)C23CCC(C2)OC3)CC1. The maximum atomic E-state index is 13.2. The number of carbonyl (C=O) groups excluding carboxylic acids is 2. The maximum Gasteiger partial charge on any atom is 0.243 e. The van der Waals surface area contributed by atoms with E-state index in [1.165, 1.54) is 11.6 Å². The number of piperidine rings is 1. The molecule has 1 aromatic carbocycles. The first-order valence-corrected chi connectivity index (χ1v) is 9.94. The third-order valence-corrected chi connectivity index (χ3v) is 6.79. The van der Waals surface area contributed by atoms with Gasteiger partial charge in [-0.15, -0.1) is 0 Å². The van der Waals surface area contributed by atoms with Crippen LogP contribution in [0.2, 0.25) is 0 Å². The van der Waals surface area contributed by atoms with Crippen molar-refractivity contribution in [3.8, 4) is 0 Å². The Bertz CT molecular complexity index is 714. The third-order valence-electron chi connectivity index (χ3n) is 6.79. The first-order valence-electron chi connectivity index (χ1n) is 9.94. The summed E-state index contributed by atoms with van der Waals surface area (Å²) in [5, 5.41) is 2.99. The van der Waals surface area contributed by atoms with Crippen LogP contribution in [-0.2, 0) is 19.7 Å². The molecule has 5 heteroatoms. The molecule has 2 amide bonds. The molecule has 4 rings (SSSR count). The van der Waals surface area contributed by atoms with Gasteiger partial charge in [0, 0.05) is 25.0 Å². The Hall–Kier alpha value is -2.14. The summed E-state index contributed by atoms with van der Waals surface area (Å²) in [4.78, 5) is 27.0. The van der Waals surface area contributed by atoms with Crippen LogP contribution in [0.25, 0.3) is 0 Å². The second kappa shape index (κ2) is 7.12. The van der Waals surface area contributed by atoms with Crippen LogP contribution in [0.5, 0.6) is 0 Å². The van der Waals surface area contributed by atoms with E-state index < -0.39 is 0 Å². The Kier molecular flexibility index (Phi) is 4.81. The molecule has 5 nitrogen and oxygen atoms in total. The number of carbonyl (C=O) groups is 2. The molecule has 0 aromatic heterocycles. The van der Waals surface area contributed by atoms with Crippen molar-refractivity contribution >= 4 is 11.8 Å². The van der Waals surface area contributed by atoms with Crippen LogP contribution < -0.4 is 5.32 Å². The standard InChI is InChI=1S/C22H28N2O3/c1-2-19(25)23-15-21(17-6-4-3-5-7-17)10-12-24(13-11-21)20(26)22-9-8-18(14-22)27-16-22/h2-7,18H,1,8-16H2,(H,23,25). The quantitative estimate of drug-likeness (QED) is 0.812. The molecule has 0 spiro atoms. The summed E-state index contributed by atoms with van der Waals surface area (Å²) in [5.41, 5.74) is 0.817. The van der Waals surface area contributed by atoms with Crippen molar-refractivity contribution in [1.82, 2.24) is 10.2 Å². The molecule has 2 unspecified atom stereocenters. The molecule has 27 heavy (non-hydrogen) atoms. The van der Waals surface area contributed by atoms with Crippen molar-refractivity contribution in [1.29, 1.82) is 0 Å². The summed E-state index contributed by atoms with van der Waals surface area (Å²) in [6, 6.07) is 10.3. The van der Waals surface area contributed by atoms with E-state index >= 15 is 0 Å². The van der Waals surface area contributed by atoms with E-state index in [4.69, 9.17) is 4.74 Å². The Morgan fingerprint density at radius 1 is 1.22 bits per heavy atom. The van der Waals surface area contributed by atoms with Gasteiger partial charge < -0.3 is 15.0 Å². The van der Waals surface area contributed by atoms with Crippen molar-refractivity contribution < 1.29 is 14.3 Å². The lowest BCUT2D eigenvalue weighted by molar-refractivity contribution is -0.145. The van der Waals surface area contributed by atoms with E-state index in [1.54, 1.807) is 0 Å². The summed E-state index contributed by atoms with van der Waals surface area (Å²) in [6.45, 7) is 6.16. The lowest BCUT2D eigenvalue weighted by Crippen LogP contribution is -2.53. The van der Waals surface area contributed by atoms with Crippen molar-refractivity contribution in [3.05, 3.63) is 48.6 Å². The number of hydrogen-bond acceptors (Lipinski definition) is 3. The normalized spacial score (nSPS) is 28.7. The van der Waals surface area contributed by atoms with Crippen LogP contribution in [0.1, 0.15) is 37.7 Å². The number of rotatable bonds is 5. The van der Waals surface area contributed by atoms with Crippen molar-refractivity contribution in [2.45, 2.75) is 43.6 Å². The number of fused-ring (bicyclic) bond motifs is 2. The van der Waals surface area contributed by atoms with Gasteiger partial charge >= 0.3 is 0 Å². The third kappa shape index (κ3) is 3.29. The zero-order chi connectivity index (χ0) is 18.9. The van der Waals surface area contributed by atoms with E-state index in [1.807, 2.05) is 23.1 Å². The molecular formula is C22H28N2O3. The lowest BCUT2D eigenvalue weighted by Gasteiger charge is -2.44. The van der Waals surface area contributed by atoms with Gasteiger partial charge in [0.25, 0.3) is 0 Å². The number of likely N-dealkylation sites (tertiary alicyclic amines) is 1. The largest absolute Gasteiger partial charge is 0.377 e. The molecule has 3 fully saturated rings. The average molecular weight is 368 g/mol. The van der Waals surface area contributed by atoms with Crippen LogP contribution in [0.3, 0.4) is 0 Å². The first-order chi connectivity index (χ1) is 13.1. The number of nitrogens with zero attached hydrogens (tertiary/aromatic N) is 1. The molecule has 1 saturated carbocycles. The zero-order valence-corrected chi connectivity index (χ0v) is 15.8. The minimum atomic E-state index is -0.269. The highest BCUT2D eigenvalue weighted by atomic mass is 16.5. The molecule has 1 N–H and O–H groups in total. The number of ether oxygens (including phenoxy) is 1. The second-order valence-corrected chi connectivity index (χ2v) is 8.32. The average Bonchev–Trinajstić information content (AvgIpc) is 3.35. The van der Waals surface area contributed by atoms with Gasteiger partial charge in [-0.2, -0.15) is 0 Å². The fourth-order valence-electron chi connectivity index (χ4n) is 5.04. The molecule has 3 aliphatic rings. The molecule has 2 heterocycles. The Labute approximate surface area is 160 Å². The smallest absolute Gasteiger partial charge is 0.243 e. The molecule has 0 radical (unpaired) electrons. The van der Waals surface area contributed by atoms with Crippen LogP contribution in [-0.4, -0.2) is 49.1 Å². The van der Waals surface area contributed by atoms with Crippen LogP contribution in [0.4, 0.5) is 0 Å². The second-order valence-electron chi connectivity index (χ2n) is 8.32. The van der Waals surface area contributed by atoms with E-state index in [9.17, 15) is 9.59 Å². The van der Waals surface area contributed by atoms with Gasteiger partial charge in [0.05, 0.1) is 18.1 Å². The first kappa shape index (κ1) is 18.2. The molecule has 1 aromatic rings. The fourth-order valence-corrected chi connectivity index (χ4v) is 5.04. The van der Waals surface area contributed by atoms with E-state index in [0.29, 0.717) is 13.2 Å². The highest BCUT2D eigenvalue weighted by Gasteiger charge is 2.53. The highest BCUT2D eigenvalue weighted by Crippen LogP contribution is 2.48. The fraction of sp³-hybridized carbons (Fsp3) is 0.545.